The van der Waals surface area contributed by atoms with E-state index in [1.54, 1.807) is 18.0 Å². The van der Waals surface area contributed by atoms with E-state index in [2.05, 4.69) is 5.32 Å². The van der Waals surface area contributed by atoms with Crippen molar-refractivity contribution in [3.63, 3.8) is 0 Å². The molecule has 0 aliphatic carbocycles. The number of hydrogen-bond acceptors (Lipinski definition) is 4. The van der Waals surface area contributed by atoms with Gasteiger partial charge in [0.1, 0.15) is 11.6 Å². The molecule has 0 heterocycles. The Balaban J connectivity index is 2.32. The van der Waals surface area contributed by atoms with Crippen molar-refractivity contribution in [2.45, 2.75) is 52.6 Å². The van der Waals surface area contributed by atoms with Crippen molar-refractivity contribution in [1.82, 2.24) is 10.2 Å². The average molecular weight is 385 g/mol. The Kier molecular flexibility index (Phi) is 9.97. The third-order valence-corrected chi connectivity index (χ3v) is 4.38. The molecule has 1 aromatic rings. The zero-order valence-electron chi connectivity index (χ0n) is 17.4. The first-order chi connectivity index (χ1) is 13.2. The first-order valence-electron chi connectivity index (χ1n) is 9.70. The maximum atomic E-state index is 12.2. The molecule has 3 N–H and O–H groups in total. The molecule has 0 saturated heterocycles. The smallest absolute Gasteiger partial charge is 0.263 e. The molecule has 0 aliphatic heterocycles. The van der Waals surface area contributed by atoms with Gasteiger partial charge in [-0.1, -0.05) is 49.8 Å². The second-order valence-electron chi connectivity index (χ2n) is 7.47. The molecule has 6 nitrogen and oxygen atoms in total. The molecule has 1 rings (SSSR count). The van der Waals surface area contributed by atoms with E-state index in [9.17, 15) is 9.59 Å². The van der Waals surface area contributed by atoms with Crippen LogP contribution in [0.1, 0.15) is 44.2 Å². The normalized spacial score (nSPS) is 12.4. The molecule has 0 aromatic heterocycles. The molecule has 1 unspecified atom stereocenters. The number of allylic oxidation sites excluding steroid dienone is 1. The zero-order valence-corrected chi connectivity index (χ0v) is 17.4. The van der Waals surface area contributed by atoms with Gasteiger partial charge in [0.2, 0.25) is 5.91 Å². The van der Waals surface area contributed by atoms with Crippen molar-refractivity contribution >= 4 is 11.8 Å². The molecule has 0 bridgehead atoms. The summed E-state index contributed by atoms with van der Waals surface area (Å²) in [4.78, 5) is 25.9. The number of carbonyl (C=O) groups excluding carboxylic acids is 2. The number of unbranched alkanes of at least 4 members (excludes halogenated alkanes) is 1. The second kappa shape index (κ2) is 11.9. The monoisotopic (exact) mass is 384 g/mol. The predicted octanol–water partition coefficient (Wildman–Crippen LogP) is 2.67. The first kappa shape index (κ1) is 23.4. The van der Waals surface area contributed by atoms with Gasteiger partial charge >= 0.3 is 0 Å². The van der Waals surface area contributed by atoms with E-state index in [4.69, 9.17) is 11.0 Å². The SMILES string of the molecule is Cc1ccc(CNC(=O)C(N)CCCCN(C)C(=O)C(C#N)=CC(C)C)cc1. The number of nitrogens with two attached hydrogens (primary N) is 1. The molecule has 2 amide bonds. The highest BCUT2D eigenvalue weighted by molar-refractivity contribution is 5.97. The fraction of sp³-hybridized carbons (Fsp3) is 0.500. The lowest BCUT2D eigenvalue weighted by molar-refractivity contribution is -0.126. The van der Waals surface area contributed by atoms with Crippen molar-refractivity contribution < 1.29 is 9.59 Å². The summed E-state index contributed by atoms with van der Waals surface area (Å²) < 4.78 is 0. The van der Waals surface area contributed by atoms with Crippen LogP contribution in [-0.4, -0.2) is 36.3 Å². The number of carbonyl (C=O) groups is 2. The number of nitrogens with one attached hydrogen (secondary N) is 1. The van der Waals surface area contributed by atoms with Gasteiger partial charge in [0.15, 0.2) is 0 Å². The molecule has 0 saturated carbocycles. The van der Waals surface area contributed by atoms with E-state index < -0.39 is 6.04 Å². The highest BCUT2D eigenvalue weighted by atomic mass is 16.2. The van der Waals surface area contributed by atoms with Gasteiger partial charge in [0.05, 0.1) is 6.04 Å². The fourth-order valence-corrected chi connectivity index (χ4v) is 2.67. The molecule has 0 fully saturated rings. The number of likely N-dealkylation sites (N-methyl/N-ethyl adjacent to an activating group) is 1. The zero-order chi connectivity index (χ0) is 21.1. The van der Waals surface area contributed by atoms with Gasteiger partial charge in [0, 0.05) is 20.1 Å². The van der Waals surface area contributed by atoms with Crippen molar-refractivity contribution in [3.05, 3.63) is 47.0 Å². The van der Waals surface area contributed by atoms with Gasteiger partial charge in [0.25, 0.3) is 5.91 Å². The topological polar surface area (TPSA) is 99.2 Å². The van der Waals surface area contributed by atoms with Crippen LogP contribution in [0.3, 0.4) is 0 Å². The van der Waals surface area contributed by atoms with Gasteiger partial charge in [-0.3, -0.25) is 9.59 Å². The molecule has 0 radical (unpaired) electrons. The van der Waals surface area contributed by atoms with Gasteiger partial charge in [-0.15, -0.1) is 0 Å². The molecule has 152 valence electrons. The largest absolute Gasteiger partial charge is 0.351 e. The Morgan fingerprint density at radius 3 is 2.46 bits per heavy atom. The summed E-state index contributed by atoms with van der Waals surface area (Å²) in [5, 5.41) is 12.0. The van der Waals surface area contributed by atoms with E-state index in [0.717, 1.165) is 18.4 Å². The van der Waals surface area contributed by atoms with Crippen molar-refractivity contribution in [2.24, 2.45) is 11.7 Å². The van der Waals surface area contributed by atoms with Gasteiger partial charge in [-0.05, 0) is 37.7 Å². The van der Waals surface area contributed by atoms with Crippen LogP contribution in [0.2, 0.25) is 0 Å². The van der Waals surface area contributed by atoms with Crippen molar-refractivity contribution in [3.8, 4) is 6.07 Å². The highest BCUT2D eigenvalue weighted by Crippen LogP contribution is 2.08. The Morgan fingerprint density at radius 1 is 1.25 bits per heavy atom. The highest BCUT2D eigenvalue weighted by Gasteiger charge is 2.16. The number of nitrogens with zero attached hydrogens (tertiary/aromatic N) is 2. The van der Waals surface area contributed by atoms with Crippen LogP contribution in [0.4, 0.5) is 0 Å². The molecule has 0 spiro atoms. The molecule has 6 heteroatoms. The summed E-state index contributed by atoms with van der Waals surface area (Å²) in [5.74, 6) is -0.295. The van der Waals surface area contributed by atoms with E-state index in [0.29, 0.717) is 19.5 Å². The van der Waals surface area contributed by atoms with Crippen LogP contribution in [0, 0.1) is 24.2 Å². The quantitative estimate of drug-likeness (QED) is 0.368. The predicted molar refractivity (Wildman–Crippen MR) is 111 cm³/mol. The Labute approximate surface area is 168 Å². The number of rotatable bonds is 10. The van der Waals surface area contributed by atoms with Gasteiger partial charge in [-0.25, -0.2) is 0 Å². The van der Waals surface area contributed by atoms with Gasteiger partial charge < -0.3 is 16.0 Å². The maximum Gasteiger partial charge on any atom is 0.263 e. The molecule has 1 atom stereocenters. The Hall–Kier alpha value is -2.65. The van der Waals surface area contributed by atoms with Gasteiger partial charge in [-0.2, -0.15) is 5.26 Å². The first-order valence-corrected chi connectivity index (χ1v) is 9.70. The average Bonchev–Trinajstić information content (AvgIpc) is 2.67. The minimum Gasteiger partial charge on any atom is -0.351 e. The maximum absolute atomic E-state index is 12.2. The fourth-order valence-electron chi connectivity index (χ4n) is 2.67. The number of nitriles is 1. The number of hydrogen-bond donors (Lipinski definition) is 2. The summed E-state index contributed by atoms with van der Waals surface area (Å²) >= 11 is 0. The third kappa shape index (κ3) is 8.36. The molecule has 1 aromatic carbocycles. The van der Waals surface area contributed by atoms with Crippen LogP contribution in [-0.2, 0) is 16.1 Å². The standard InChI is InChI=1S/C22H32N4O2/c1-16(2)13-19(14-23)22(28)26(4)12-6-5-7-20(24)21(27)25-15-18-10-8-17(3)9-11-18/h8-11,13,16,20H,5-7,12,15,24H2,1-4H3,(H,25,27). The van der Waals surface area contributed by atoms with Crippen LogP contribution < -0.4 is 11.1 Å². The van der Waals surface area contributed by atoms with Crippen LogP contribution in [0.15, 0.2) is 35.9 Å². The molecular weight excluding hydrogens is 352 g/mol. The van der Waals surface area contributed by atoms with E-state index in [-0.39, 0.29) is 23.3 Å². The van der Waals surface area contributed by atoms with Crippen molar-refractivity contribution in [2.75, 3.05) is 13.6 Å². The number of amides is 2. The number of benzene rings is 1. The van der Waals surface area contributed by atoms with Crippen LogP contribution >= 0.6 is 0 Å². The van der Waals surface area contributed by atoms with Crippen LogP contribution in [0.25, 0.3) is 0 Å². The minimum atomic E-state index is -0.568. The van der Waals surface area contributed by atoms with E-state index >= 15 is 0 Å². The Morgan fingerprint density at radius 2 is 1.89 bits per heavy atom. The van der Waals surface area contributed by atoms with E-state index in [1.807, 2.05) is 51.1 Å². The van der Waals surface area contributed by atoms with Crippen LogP contribution in [0.5, 0.6) is 0 Å². The lowest BCUT2D eigenvalue weighted by Crippen LogP contribution is -2.40. The second-order valence-corrected chi connectivity index (χ2v) is 7.47. The summed E-state index contributed by atoms with van der Waals surface area (Å²) in [7, 11) is 1.68. The third-order valence-electron chi connectivity index (χ3n) is 4.38. The minimum absolute atomic E-state index is 0.142. The summed E-state index contributed by atoms with van der Waals surface area (Å²) in [5.41, 5.74) is 8.35. The summed E-state index contributed by atoms with van der Waals surface area (Å²) in [6.45, 7) is 6.85. The van der Waals surface area contributed by atoms with Crippen molar-refractivity contribution in [1.29, 1.82) is 5.26 Å². The molecule has 28 heavy (non-hydrogen) atoms. The molecular formula is C22H32N4O2. The summed E-state index contributed by atoms with van der Waals surface area (Å²) in [6, 6.07) is 9.38. The Bertz CT molecular complexity index is 717. The lowest BCUT2D eigenvalue weighted by Gasteiger charge is -2.17. The van der Waals surface area contributed by atoms with E-state index in [1.165, 1.54) is 5.56 Å². The summed E-state index contributed by atoms with van der Waals surface area (Å²) in [6.07, 6.45) is 3.68. The number of aryl methyl sites for hydroxylation is 1. The lowest BCUT2D eigenvalue weighted by atomic mass is 10.1. The molecule has 0 aliphatic rings.